The van der Waals surface area contributed by atoms with E-state index in [4.69, 9.17) is 4.98 Å². The minimum atomic E-state index is 0.0476. The minimum Gasteiger partial charge on any atom is -0.331 e. The fraction of sp³-hybridized carbons (Fsp3) is 0.346. The third-order valence-corrected chi connectivity index (χ3v) is 7.61. The van der Waals surface area contributed by atoms with Gasteiger partial charge in [0, 0.05) is 31.1 Å². The summed E-state index contributed by atoms with van der Waals surface area (Å²) in [6, 6.07) is 8.16. The van der Waals surface area contributed by atoms with Gasteiger partial charge in [-0.1, -0.05) is 12.1 Å². The fourth-order valence-electron chi connectivity index (χ4n) is 4.88. The van der Waals surface area contributed by atoms with E-state index in [9.17, 15) is 4.79 Å². The van der Waals surface area contributed by atoms with Crippen molar-refractivity contribution >= 4 is 17.2 Å². The van der Waals surface area contributed by atoms with Crippen LogP contribution in [0.5, 0.6) is 0 Å². The van der Waals surface area contributed by atoms with Gasteiger partial charge < -0.3 is 4.90 Å². The molecule has 2 fully saturated rings. The maximum Gasteiger partial charge on any atom is 0.257 e. The van der Waals surface area contributed by atoms with Gasteiger partial charge in [-0.05, 0) is 67.7 Å². The minimum absolute atomic E-state index is 0.0476. The lowest BCUT2D eigenvalue weighted by molar-refractivity contribution is 0.0610. The van der Waals surface area contributed by atoms with Gasteiger partial charge in [0.2, 0.25) is 0 Å². The van der Waals surface area contributed by atoms with Crippen LogP contribution in [-0.2, 0) is 0 Å². The summed E-state index contributed by atoms with van der Waals surface area (Å²) in [5.74, 6) is 0.892. The zero-order chi connectivity index (χ0) is 23.1. The van der Waals surface area contributed by atoms with Gasteiger partial charge in [0.1, 0.15) is 0 Å². The Labute approximate surface area is 202 Å². The van der Waals surface area contributed by atoms with Crippen molar-refractivity contribution < 1.29 is 4.79 Å². The lowest BCUT2D eigenvalue weighted by atomic mass is 9.95. The summed E-state index contributed by atoms with van der Waals surface area (Å²) < 4.78 is 1.80. The Bertz CT molecular complexity index is 1310. The maximum atomic E-state index is 13.9. The molecule has 6 rings (SSSR count). The van der Waals surface area contributed by atoms with Crippen LogP contribution in [0.2, 0.25) is 0 Å². The molecule has 1 amide bonds. The van der Waals surface area contributed by atoms with Crippen LogP contribution in [0.4, 0.5) is 0 Å². The number of aryl methyl sites for hydroxylation is 1. The van der Waals surface area contributed by atoms with Crippen LogP contribution in [0.25, 0.3) is 16.5 Å². The Morgan fingerprint density at radius 2 is 2.00 bits per heavy atom. The normalized spacial score (nSPS) is 18.3. The molecule has 172 valence electrons. The van der Waals surface area contributed by atoms with E-state index in [0.29, 0.717) is 17.4 Å². The van der Waals surface area contributed by atoms with E-state index in [1.165, 1.54) is 0 Å². The van der Waals surface area contributed by atoms with Gasteiger partial charge in [0.15, 0.2) is 0 Å². The molecule has 1 saturated carbocycles. The summed E-state index contributed by atoms with van der Waals surface area (Å²) >= 11 is 1.66. The zero-order valence-electron chi connectivity index (χ0n) is 19.1. The van der Waals surface area contributed by atoms with Crippen molar-refractivity contribution in [2.24, 2.45) is 0 Å². The lowest BCUT2D eigenvalue weighted by Crippen LogP contribution is -2.38. The van der Waals surface area contributed by atoms with Gasteiger partial charge in [-0.25, -0.2) is 14.6 Å². The number of carbonyl (C=O) groups is 1. The van der Waals surface area contributed by atoms with Crippen LogP contribution in [0.3, 0.4) is 0 Å². The number of hydrogen-bond acceptors (Lipinski definition) is 6. The average Bonchev–Trinajstić information content (AvgIpc) is 3.39. The van der Waals surface area contributed by atoms with E-state index in [-0.39, 0.29) is 11.9 Å². The van der Waals surface area contributed by atoms with Crippen molar-refractivity contribution in [3.05, 3.63) is 76.8 Å². The molecular weight excluding hydrogens is 444 g/mol. The summed E-state index contributed by atoms with van der Waals surface area (Å²) in [4.78, 5) is 30.8. The molecule has 7 nitrogen and oxygen atoms in total. The summed E-state index contributed by atoms with van der Waals surface area (Å²) in [6.07, 6.45) is 12.4. The Morgan fingerprint density at radius 3 is 2.76 bits per heavy atom. The van der Waals surface area contributed by atoms with Crippen LogP contribution >= 0.6 is 11.3 Å². The van der Waals surface area contributed by atoms with Crippen molar-refractivity contribution in [1.82, 2.24) is 29.6 Å². The van der Waals surface area contributed by atoms with Gasteiger partial charge >= 0.3 is 0 Å². The molecule has 2 aliphatic rings. The van der Waals surface area contributed by atoms with Crippen LogP contribution in [0.15, 0.2) is 54.4 Å². The number of hydrogen-bond donors (Lipinski definition) is 0. The monoisotopic (exact) mass is 470 g/mol. The molecule has 0 bridgehead atoms. The number of aromatic nitrogens is 5. The predicted octanol–water partition coefficient (Wildman–Crippen LogP) is 5.34. The van der Waals surface area contributed by atoms with E-state index in [2.05, 4.69) is 27.2 Å². The number of thiophene rings is 1. The number of piperidine rings is 1. The van der Waals surface area contributed by atoms with Crippen molar-refractivity contribution in [2.75, 3.05) is 6.54 Å². The highest BCUT2D eigenvalue weighted by molar-refractivity contribution is 7.13. The molecule has 34 heavy (non-hydrogen) atoms. The van der Waals surface area contributed by atoms with Crippen molar-refractivity contribution in [1.29, 1.82) is 0 Å². The third kappa shape index (κ3) is 3.81. The quantitative estimate of drug-likeness (QED) is 0.394. The fourth-order valence-corrected chi connectivity index (χ4v) is 5.66. The van der Waals surface area contributed by atoms with Gasteiger partial charge in [0.05, 0.1) is 34.1 Å². The number of nitrogens with zero attached hydrogens (tertiary/aromatic N) is 6. The van der Waals surface area contributed by atoms with E-state index >= 15 is 0 Å². The molecule has 0 N–H and O–H groups in total. The van der Waals surface area contributed by atoms with Crippen LogP contribution < -0.4 is 0 Å². The standard InChI is InChI=1S/C26H26N6OS/c1-17-14-28-26(30-23(17)22-8-5-13-34-22)32-24(18-9-10-18)20(16-29-32)25(33)31-12-3-2-7-21(31)19-6-4-11-27-15-19/h4-6,8,11,13-16,18,21H,2-3,7,9-10,12H2,1H3. The van der Waals surface area contributed by atoms with Gasteiger partial charge in [-0.3, -0.25) is 9.78 Å². The van der Waals surface area contributed by atoms with Gasteiger partial charge in [-0.15, -0.1) is 11.3 Å². The molecule has 5 heterocycles. The highest BCUT2D eigenvalue weighted by atomic mass is 32.1. The van der Waals surface area contributed by atoms with Crippen LogP contribution in [0.1, 0.15) is 71.2 Å². The Balaban J connectivity index is 1.39. The molecule has 0 spiro atoms. The molecule has 1 atom stereocenters. The van der Waals surface area contributed by atoms with E-state index < -0.39 is 0 Å². The van der Waals surface area contributed by atoms with Crippen molar-refractivity contribution in [3.63, 3.8) is 0 Å². The number of carbonyl (C=O) groups excluding carboxylic acids is 1. The number of rotatable bonds is 5. The Morgan fingerprint density at radius 1 is 1.09 bits per heavy atom. The van der Waals surface area contributed by atoms with E-state index in [1.807, 2.05) is 41.7 Å². The molecular formula is C26H26N6OS. The highest BCUT2D eigenvalue weighted by Gasteiger charge is 2.37. The largest absolute Gasteiger partial charge is 0.331 e. The first-order valence-corrected chi connectivity index (χ1v) is 12.8. The van der Waals surface area contributed by atoms with E-state index in [1.54, 1.807) is 28.4 Å². The smallest absolute Gasteiger partial charge is 0.257 e. The van der Waals surface area contributed by atoms with Gasteiger partial charge in [0.25, 0.3) is 11.9 Å². The second-order valence-corrected chi connectivity index (χ2v) is 10.1. The topological polar surface area (TPSA) is 76.8 Å². The van der Waals surface area contributed by atoms with Crippen LogP contribution in [0, 0.1) is 6.92 Å². The summed E-state index contributed by atoms with van der Waals surface area (Å²) in [5.41, 5.74) is 4.66. The molecule has 1 aliphatic carbocycles. The first-order valence-electron chi connectivity index (χ1n) is 11.9. The summed E-state index contributed by atoms with van der Waals surface area (Å²) in [6.45, 7) is 2.77. The number of likely N-dealkylation sites (tertiary alicyclic amines) is 1. The van der Waals surface area contributed by atoms with Gasteiger partial charge in [-0.2, -0.15) is 5.10 Å². The highest BCUT2D eigenvalue weighted by Crippen LogP contribution is 2.43. The summed E-state index contributed by atoms with van der Waals surface area (Å²) in [7, 11) is 0. The first kappa shape index (κ1) is 21.2. The second-order valence-electron chi connectivity index (χ2n) is 9.10. The first-order chi connectivity index (χ1) is 16.7. The second kappa shape index (κ2) is 8.76. The third-order valence-electron chi connectivity index (χ3n) is 6.74. The molecule has 8 heteroatoms. The molecule has 0 aromatic carbocycles. The Hall–Kier alpha value is -3.39. The molecule has 1 unspecified atom stereocenters. The molecule has 0 radical (unpaired) electrons. The molecule has 4 aromatic rings. The zero-order valence-corrected chi connectivity index (χ0v) is 19.9. The summed E-state index contributed by atoms with van der Waals surface area (Å²) in [5, 5.41) is 6.70. The molecule has 1 saturated heterocycles. The average molecular weight is 471 g/mol. The van der Waals surface area contributed by atoms with Crippen molar-refractivity contribution in [3.8, 4) is 16.5 Å². The molecule has 4 aromatic heterocycles. The van der Waals surface area contributed by atoms with Crippen LogP contribution in [-0.4, -0.2) is 42.1 Å². The number of amides is 1. The van der Waals surface area contributed by atoms with E-state index in [0.717, 1.165) is 66.0 Å². The lowest BCUT2D eigenvalue weighted by Gasteiger charge is -2.36. The maximum absolute atomic E-state index is 13.9. The SMILES string of the molecule is Cc1cnc(-n2ncc(C(=O)N3CCCCC3c3cccnc3)c2C2CC2)nc1-c1cccs1. The van der Waals surface area contributed by atoms with Crippen molar-refractivity contribution in [2.45, 2.75) is 51.0 Å². The molecule has 1 aliphatic heterocycles. The number of pyridine rings is 1. The Kier molecular flexibility index (Phi) is 5.45. The predicted molar refractivity (Wildman–Crippen MR) is 131 cm³/mol.